The summed E-state index contributed by atoms with van der Waals surface area (Å²) in [6, 6.07) is 15.0. The molecule has 0 bridgehead atoms. The fourth-order valence-electron chi connectivity index (χ4n) is 4.16. The topological polar surface area (TPSA) is 66.8 Å². The van der Waals surface area contributed by atoms with Crippen LogP contribution in [-0.2, 0) is 16.1 Å². The van der Waals surface area contributed by atoms with Crippen LogP contribution in [0, 0.1) is 18.6 Å². The van der Waals surface area contributed by atoms with Crippen LogP contribution in [0.4, 0.5) is 8.78 Å². The van der Waals surface area contributed by atoms with Crippen molar-refractivity contribution in [1.82, 2.24) is 4.90 Å². The van der Waals surface area contributed by atoms with Gasteiger partial charge in [0.25, 0.3) is 11.7 Å². The molecule has 7 heteroatoms. The van der Waals surface area contributed by atoms with Crippen LogP contribution in [0.3, 0.4) is 0 Å². The Morgan fingerprint density at radius 2 is 1.57 bits per heavy atom. The molecule has 1 aliphatic heterocycles. The largest absolute Gasteiger partial charge is 0.507 e. The summed E-state index contributed by atoms with van der Waals surface area (Å²) >= 11 is 0. The van der Waals surface area contributed by atoms with E-state index in [2.05, 4.69) is 0 Å². The van der Waals surface area contributed by atoms with Gasteiger partial charge in [-0.25, -0.2) is 8.78 Å². The molecule has 3 aromatic rings. The summed E-state index contributed by atoms with van der Waals surface area (Å²) in [5.41, 5.74) is 2.07. The van der Waals surface area contributed by atoms with E-state index < -0.39 is 29.4 Å². The number of rotatable bonds is 6. The highest BCUT2D eigenvalue weighted by molar-refractivity contribution is 6.46. The molecule has 0 radical (unpaired) electrons. The third-order valence-corrected chi connectivity index (χ3v) is 5.80. The molecule has 1 aliphatic rings. The van der Waals surface area contributed by atoms with Gasteiger partial charge in [-0.2, -0.15) is 0 Å². The first-order valence-electron chi connectivity index (χ1n) is 11.2. The maximum absolute atomic E-state index is 13.6. The minimum atomic E-state index is -0.951. The summed E-state index contributed by atoms with van der Waals surface area (Å²) in [5.74, 6) is -2.24. The Kier molecular flexibility index (Phi) is 6.69. The minimum absolute atomic E-state index is 0.00384. The Morgan fingerprint density at radius 3 is 2.14 bits per heavy atom. The first-order chi connectivity index (χ1) is 16.7. The van der Waals surface area contributed by atoms with Crippen molar-refractivity contribution >= 4 is 17.4 Å². The number of hydrogen-bond donors (Lipinski definition) is 1. The molecule has 0 spiro atoms. The number of ketones is 1. The van der Waals surface area contributed by atoms with Gasteiger partial charge in [0.1, 0.15) is 23.1 Å². The van der Waals surface area contributed by atoms with Gasteiger partial charge in [-0.3, -0.25) is 9.59 Å². The number of likely N-dealkylation sites (tertiary alicyclic amines) is 1. The second-order valence-corrected chi connectivity index (χ2v) is 8.75. The van der Waals surface area contributed by atoms with Crippen molar-refractivity contribution in [3.8, 4) is 5.75 Å². The van der Waals surface area contributed by atoms with Gasteiger partial charge < -0.3 is 14.7 Å². The molecule has 1 amide bonds. The number of aliphatic hydroxyl groups is 1. The summed E-state index contributed by atoms with van der Waals surface area (Å²) in [5, 5.41) is 11.2. The maximum atomic E-state index is 13.6. The van der Waals surface area contributed by atoms with Crippen molar-refractivity contribution in [3.05, 3.63) is 106 Å². The fourth-order valence-corrected chi connectivity index (χ4v) is 4.16. The quantitative estimate of drug-likeness (QED) is 0.282. The standard InChI is InChI=1S/C28H25F2NO4/c1-16(2)35-23-13-8-20(14-17(23)3)26(32)24-25(19-6-11-22(30)12-7-19)31(28(34)27(24)33)15-18-4-9-21(29)10-5-18/h4-14,16,25,32H,15H2,1-3H3/b26-24-. The highest BCUT2D eigenvalue weighted by Crippen LogP contribution is 2.40. The highest BCUT2D eigenvalue weighted by atomic mass is 19.1. The molecule has 0 aliphatic carbocycles. The van der Waals surface area contributed by atoms with Crippen molar-refractivity contribution in [2.75, 3.05) is 0 Å². The molecule has 5 nitrogen and oxygen atoms in total. The molecule has 3 aromatic carbocycles. The van der Waals surface area contributed by atoms with E-state index in [0.717, 1.165) is 5.56 Å². The number of carbonyl (C=O) groups is 2. The molecule has 1 N–H and O–H groups in total. The lowest BCUT2D eigenvalue weighted by molar-refractivity contribution is -0.140. The maximum Gasteiger partial charge on any atom is 0.295 e. The van der Waals surface area contributed by atoms with Crippen molar-refractivity contribution in [2.45, 2.75) is 39.5 Å². The van der Waals surface area contributed by atoms with E-state index in [1.165, 1.54) is 53.4 Å². The van der Waals surface area contributed by atoms with Crippen LogP contribution in [0.25, 0.3) is 5.76 Å². The Morgan fingerprint density at radius 1 is 0.971 bits per heavy atom. The molecule has 0 aromatic heterocycles. The van der Waals surface area contributed by atoms with Gasteiger partial charge in [-0.15, -0.1) is 0 Å². The number of ether oxygens (including phenoxy) is 1. The van der Waals surface area contributed by atoms with E-state index in [0.29, 0.717) is 22.4 Å². The summed E-state index contributed by atoms with van der Waals surface area (Å²) in [7, 11) is 0. The van der Waals surface area contributed by atoms with Gasteiger partial charge in [-0.05, 0) is 79.9 Å². The van der Waals surface area contributed by atoms with E-state index in [4.69, 9.17) is 4.74 Å². The molecular formula is C28H25F2NO4. The van der Waals surface area contributed by atoms with Crippen molar-refractivity contribution in [1.29, 1.82) is 0 Å². The van der Waals surface area contributed by atoms with Crippen molar-refractivity contribution < 1.29 is 28.2 Å². The molecule has 4 rings (SSSR count). The van der Waals surface area contributed by atoms with Crippen LogP contribution in [0.15, 0.2) is 72.3 Å². The average molecular weight is 478 g/mol. The van der Waals surface area contributed by atoms with Gasteiger partial charge >= 0.3 is 0 Å². The second kappa shape index (κ2) is 9.70. The van der Waals surface area contributed by atoms with E-state index in [-0.39, 0.29) is 24.0 Å². The molecule has 1 saturated heterocycles. The number of aliphatic hydroxyl groups excluding tert-OH is 1. The smallest absolute Gasteiger partial charge is 0.295 e. The Hall–Kier alpha value is -4.00. The molecule has 0 saturated carbocycles. The van der Waals surface area contributed by atoms with Gasteiger partial charge in [-0.1, -0.05) is 24.3 Å². The van der Waals surface area contributed by atoms with Crippen LogP contribution in [0.5, 0.6) is 5.75 Å². The SMILES string of the molecule is Cc1cc(/C(O)=C2/C(=O)C(=O)N(Cc3ccc(F)cc3)C2c2ccc(F)cc2)ccc1OC(C)C. The Bertz CT molecular complexity index is 1300. The number of carbonyl (C=O) groups excluding carboxylic acids is 2. The number of aryl methyl sites for hydroxylation is 1. The zero-order valence-corrected chi connectivity index (χ0v) is 19.6. The van der Waals surface area contributed by atoms with Crippen molar-refractivity contribution in [3.63, 3.8) is 0 Å². The van der Waals surface area contributed by atoms with E-state index >= 15 is 0 Å². The predicted octanol–water partition coefficient (Wildman–Crippen LogP) is 5.68. The lowest BCUT2D eigenvalue weighted by Crippen LogP contribution is -2.29. The summed E-state index contributed by atoms with van der Waals surface area (Å²) in [6.45, 7) is 5.63. The molecule has 1 fully saturated rings. The number of hydrogen-bond acceptors (Lipinski definition) is 4. The van der Waals surface area contributed by atoms with Crippen LogP contribution >= 0.6 is 0 Å². The normalized spacial score (nSPS) is 17.3. The van der Waals surface area contributed by atoms with E-state index in [1.54, 1.807) is 18.2 Å². The zero-order valence-electron chi connectivity index (χ0n) is 19.6. The van der Waals surface area contributed by atoms with Crippen LogP contribution in [0.1, 0.15) is 42.1 Å². The first-order valence-corrected chi connectivity index (χ1v) is 11.2. The van der Waals surface area contributed by atoms with Gasteiger partial charge in [0, 0.05) is 12.1 Å². The fraction of sp³-hybridized carbons (Fsp3) is 0.214. The molecule has 180 valence electrons. The van der Waals surface area contributed by atoms with Gasteiger partial charge in [0.05, 0.1) is 17.7 Å². The number of amides is 1. The number of Topliss-reactive ketones (excluding diaryl/α,β-unsaturated/α-hetero) is 1. The summed E-state index contributed by atoms with van der Waals surface area (Å²) in [4.78, 5) is 27.5. The molecule has 1 atom stereocenters. The third-order valence-electron chi connectivity index (χ3n) is 5.80. The predicted molar refractivity (Wildman–Crippen MR) is 128 cm³/mol. The monoisotopic (exact) mass is 477 g/mol. The van der Waals surface area contributed by atoms with E-state index in [1.807, 2.05) is 20.8 Å². The van der Waals surface area contributed by atoms with Gasteiger partial charge in [0.2, 0.25) is 0 Å². The Labute approximate surface area is 202 Å². The third kappa shape index (κ3) is 4.94. The molecule has 1 heterocycles. The van der Waals surface area contributed by atoms with Crippen LogP contribution in [-0.4, -0.2) is 27.8 Å². The number of nitrogens with zero attached hydrogens (tertiary/aromatic N) is 1. The minimum Gasteiger partial charge on any atom is -0.507 e. The second-order valence-electron chi connectivity index (χ2n) is 8.75. The number of benzene rings is 3. The molecule has 35 heavy (non-hydrogen) atoms. The first kappa shape index (κ1) is 24.1. The van der Waals surface area contributed by atoms with Crippen molar-refractivity contribution in [2.24, 2.45) is 0 Å². The van der Waals surface area contributed by atoms with E-state index in [9.17, 15) is 23.5 Å². The zero-order chi connectivity index (χ0) is 25.3. The van der Waals surface area contributed by atoms with Crippen LogP contribution < -0.4 is 4.74 Å². The van der Waals surface area contributed by atoms with Crippen LogP contribution in [0.2, 0.25) is 0 Å². The Balaban J connectivity index is 1.82. The molecule has 1 unspecified atom stereocenters. The summed E-state index contributed by atoms with van der Waals surface area (Å²) in [6.07, 6.45) is -0.0385. The highest BCUT2D eigenvalue weighted by Gasteiger charge is 2.46. The molecular weight excluding hydrogens is 452 g/mol. The van der Waals surface area contributed by atoms with Gasteiger partial charge in [0.15, 0.2) is 0 Å². The number of halogens is 2. The average Bonchev–Trinajstić information content (AvgIpc) is 3.06. The lowest BCUT2D eigenvalue weighted by Gasteiger charge is -2.25. The summed E-state index contributed by atoms with van der Waals surface area (Å²) < 4.78 is 32.8. The lowest BCUT2D eigenvalue weighted by atomic mass is 9.94.